The zero-order chi connectivity index (χ0) is 15.7. The number of aliphatic carboxylic acids is 1. The van der Waals surface area contributed by atoms with Gasteiger partial charge < -0.3 is 10.4 Å². The molecule has 2 N–H and O–H groups in total. The van der Waals surface area contributed by atoms with Crippen LogP contribution in [0.4, 0.5) is 5.69 Å². The smallest absolute Gasteiger partial charge is 0.325 e. The van der Waals surface area contributed by atoms with E-state index >= 15 is 0 Å². The highest BCUT2D eigenvalue weighted by atomic mass is 16.6. The molecule has 1 aromatic carbocycles. The Morgan fingerprint density at radius 3 is 3.05 bits per heavy atom. The fourth-order valence-electron chi connectivity index (χ4n) is 2.68. The summed E-state index contributed by atoms with van der Waals surface area (Å²) in [5.74, 6) is -0.963. The van der Waals surface area contributed by atoms with Crippen LogP contribution in [0, 0.1) is 10.1 Å². The number of fused-ring (bicyclic) bond motifs is 1. The standard InChI is InChI=1S/C14H14N4O4/c19-13(20)8-17-12-4-5-15-7-11(12)14(16-17)9-2-1-3-10(6-9)18(21)22/h1-3,6,15H,4-5,7-8H2,(H,19,20). The molecule has 1 aliphatic heterocycles. The average Bonchev–Trinajstić information content (AvgIpc) is 2.86. The molecule has 1 aromatic heterocycles. The monoisotopic (exact) mass is 302 g/mol. The second-order valence-electron chi connectivity index (χ2n) is 5.06. The van der Waals surface area contributed by atoms with Crippen molar-refractivity contribution in [1.29, 1.82) is 0 Å². The minimum Gasteiger partial charge on any atom is -0.480 e. The van der Waals surface area contributed by atoms with Gasteiger partial charge in [0, 0.05) is 48.5 Å². The Kier molecular flexibility index (Phi) is 3.60. The number of carboxylic acids is 1. The molecule has 8 heteroatoms. The highest BCUT2D eigenvalue weighted by molar-refractivity contribution is 5.69. The summed E-state index contributed by atoms with van der Waals surface area (Å²) in [6.45, 7) is 1.12. The largest absolute Gasteiger partial charge is 0.480 e. The lowest BCUT2D eigenvalue weighted by molar-refractivity contribution is -0.384. The number of carboxylic acid groups (broad SMARTS) is 1. The van der Waals surface area contributed by atoms with Crippen molar-refractivity contribution in [1.82, 2.24) is 15.1 Å². The Morgan fingerprint density at radius 2 is 2.32 bits per heavy atom. The van der Waals surface area contributed by atoms with Gasteiger partial charge >= 0.3 is 5.97 Å². The van der Waals surface area contributed by atoms with Gasteiger partial charge in [-0.05, 0) is 0 Å². The number of nitrogens with one attached hydrogen (secondary N) is 1. The van der Waals surface area contributed by atoms with Crippen LogP contribution >= 0.6 is 0 Å². The van der Waals surface area contributed by atoms with Crippen molar-refractivity contribution in [2.24, 2.45) is 0 Å². The van der Waals surface area contributed by atoms with Gasteiger partial charge in [-0.3, -0.25) is 19.6 Å². The molecule has 0 fully saturated rings. The van der Waals surface area contributed by atoms with Crippen LogP contribution in [0.5, 0.6) is 0 Å². The third kappa shape index (κ3) is 2.56. The molecule has 2 heterocycles. The van der Waals surface area contributed by atoms with E-state index in [-0.39, 0.29) is 12.2 Å². The van der Waals surface area contributed by atoms with E-state index < -0.39 is 10.9 Å². The minimum absolute atomic E-state index is 0.0113. The van der Waals surface area contributed by atoms with E-state index in [2.05, 4.69) is 10.4 Å². The van der Waals surface area contributed by atoms with Gasteiger partial charge in [0.25, 0.3) is 5.69 Å². The SMILES string of the molecule is O=C(O)Cn1nc(-c2cccc([N+](=O)[O-])c2)c2c1CCNC2. The zero-order valence-electron chi connectivity index (χ0n) is 11.7. The fraction of sp³-hybridized carbons (Fsp3) is 0.286. The summed E-state index contributed by atoms with van der Waals surface area (Å²) in [4.78, 5) is 21.4. The van der Waals surface area contributed by atoms with Crippen LogP contribution in [0.25, 0.3) is 11.3 Å². The number of hydrogen-bond donors (Lipinski definition) is 2. The first kappa shape index (κ1) is 14.2. The van der Waals surface area contributed by atoms with E-state index in [4.69, 9.17) is 5.11 Å². The Hall–Kier alpha value is -2.74. The molecule has 0 radical (unpaired) electrons. The van der Waals surface area contributed by atoms with Crippen molar-refractivity contribution in [3.05, 3.63) is 45.6 Å². The number of hydrogen-bond acceptors (Lipinski definition) is 5. The molecule has 0 saturated heterocycles. The predicted octanol–water partition coefficient (Wildman–Crippen LogP) is 1.19. The quantitative estimate of drug-likeness (QED) is 0.648. The van der Waals surface area contributed by atoms with Crippen molar-refractivity contribution in [3.63, 3.8) is 0 Å². The molecule has 8 nitrogen and oxygen atoms in total. The lowest BCUT2D eigenvalue weighted by Crippen LogP contribution is -2.25. The minimum atomic E-state index is -0.963. The van der Waals surface area contributed by atoms with E-state index in [0.29, 0.717) is 24.2 Å². The molecule has 22 heavy (non-hydrogen) atoms. The highest BCUT2D eigenvalue weighted by Crippen LogP contribution is 2.29. The second-order valence-corrected chi connectivity index (χ2v) is 5.06. The Bertz CT molecular complexity index is 753. The highest BCUT2D eigenvalue weighted by Gasteiger charge is 2.23. The third-order valence-corrected chi connectivity index (χ3v) is 3.62. The summed E-state index contributed by atoms with van der Waals surface area (Å²) < 4.78 is 1.48. The van der Waals surface area contributed by atoms with E-state index in [1.54, 1.807) is 12.1 Å². The summed E-state index contributed by atoms with van der Waals surface area (Å²) in [5.41, 5.74) is 3.00. The Labute approximate surface area is 125 Å². The number of rotatable bonds is 4. The molecule has 114 valence electrons. The lowest BCUT2D eigenvalue weighted by Gasteiger charge is -2.15. The second kappa shape index (κ2) is 5.57. The summed E-state index contributed by atoms with van der Waals surface area (Å²) in [6.07, 6.45) is 0.685. The molecular formula is C14H14N4O4. The van der Waals surface area contributed by atoms with Gasteiger partial charge in [0.15, 0.2) is 0 Å². The zero-order valence-corrected chi connectivity index (χ0v) is 11.7. The fourth-order valence-corrected chi connectivity index (χ4v) is 2.68. The third-order valence-electron chi connectivity index (χ3n) is 3.62. The van der Waals surface area contributed by atoms with Crippen molar-refractivity contribution in [2.75, 3.05) is 6.54 Å². The van der Waals surface area contributed by atoms with E-state index in [1.165, 1.54) is 16.8 Å². The number of nitrogens with zero attached hydrogens (tertiary/aromatic N) is 3. The predicted molar refractivity (Wildman–Crippen MR) is 77.4 cm³/mol. The van der Waals surface area contributed by atoms with Crippen LogP contribution in [0.3, 0.4) is 0 Å². The van der Waals surface area contributed by atoms with Gasteiger partial charge in [0.1, 0.15) is 6.54 Å². The van der Waals surface area contributed by atoms with Crippen LogP contribution in [0.2, 0.25) is 0 Å². The molecule has 0 unspecified atom stereocenters. The normalized spacial score (nSPS) is 13.6. The Balaban J connectivity index is 2.10. The molecule has 0 atom stereocenters. The van der Waals surface area contributed by atoms with Gasteiger partial charge in [-0.1, -0.05) is 12.1 Å². The summed E-state index contributed by atoms with van der Waals surface area (Å²) >= 11 is 0. The molecule has 0 spiro atoms. The maximum absolute atomic E-state index is 11.0. The van der Waals surface area contributed by atoms with Crippen LogP contribution in [0.1, 0.15) is 11.3 Å². The summed E-state index contributed by atoms with van der Waals surface area (Å²) in [7, 11) is 0. The van der Waals surface area contributed by atoms with Crippen molar-refractivity contribution >= 4 is 11.7 Å². The molecular weight excluding hydrogens is 288 g/mol. The maximum Gasteiger partial charge on any atom is 0.325 e. The summed E-state index contributed by atoms with van der Waals surface area (Å²) in [6, 6.07) is 6.23. The van der Waals surface area contributed by atoms with Crippen LogP contribution in [-0.2, 0) is 24.3 Å². The molecule has 0 aliphatic carbocycles. The summed E-state index contributed by atoms with van der Waals surface area (Å²) in [5, 5.41) is 27.5. The van der Waals surface area contributed by atoms with E-state index in [9.17, 15) is 14.9 Å². The number of aromatic nitrogens is 2. The van der Waals surface area contributed by atoms with Crippen molar-refractivity contribution < 1.29 is 14.8 Å². The van der Waals surface area contributed by atoms with Crippen molar-refractivity contribution in [3.8, 4) is 11.3 Å². The number of carbonyl (C=O) groups is 1. The molecule has 3 rings (SSSR count). The molecule has 1 aliphatic rings. The first-order valence-corrected chi connectivity index (χ1v) is 6.82. The molecule has 0 saturated carbocycles. The van der Waals surface area contributed by atoms with Gasteiger partial charge in [0.2, 0.25) is 0 Å². The van der Waals surface area contributed by atoms with Gasteiger partial charge in [-0.25, -0.2) is 0 Å². The average molecular weight is 302 g/mol. The first-order chi connectivity index (χ1) is 10.6. The number of non-ortho nitro benzene ring substituents is 1. The van der Waals surface area contributed by atoms with E-state index in [1.807, 2.05) is 0 Å². The Morgan fingerprint density at radius 1 is 1.50 bits per heavy atom. The van der Waals surface area contributed by atoms with Gasteiger partial charge in [-0.2, -0.15) is 5.10 Å². The lowest BCUT2D eigenvalue weighted by atomic mass is 10.0. The number of nitro groups is 1. The van der Waals surface area contributed by atoms with Crippen LogP contribution in [0.15, 0.2) is 24.3 Å². The first-order valence-electron chi connectivity index (χ1n) is 6.82. The number of benzene rings is 1. The van der Waals surface area contributed by atoms with E-state index in [0.717, 1.165) is 17.8 Å². The van der Waals surface area contributed by atoms with Gasteiger partial charge in [0.05, 0.1) is 10.6 Å². The topological polar surface area (TPSA) is 110 Å². The van der Waals surface area contributed by atoms with Gasteiger partial charge in [-0.15, -0.1) is 0 Å². The van der Waals surface area contributed by atoms with Crippen LogP contribution < -0.4 is 5.32 Å². The number of nitro benzene ring substituents is 1. The molecule has 0 amide bonds. The maximum atomic E-state index is 11.0. The van der Waals surface area contributed by atoms with Crippen molar-refractivity contribution in [2.45, 2.75) is 19.5 Å². The molecule has 0 bridgehead atoms. The molecule has 2 aromatic rings. The van der Waals surface area contributed by atoms with Crippen LogP contribution in [-0.4, -0.2) is 32.3 Å².